The second-order valence-corrected chi connectivity index (χ2v) is 14.5. The SMILES string of the molecule is C.COc1ccc2c(c1)C(=O)N(C[C@@]1(c3cc4ncccc4o3)NC(=O)NC1=O)C2.COc1ccc2c(c1Cl)C(=O)N(C[C@@]1(c3cc4ncccc4o3)NC(=O)NC1=O)C2. The van der Waals surface area contributed by atoms with Gasteiger partial charge in [-0.25, -0.2) is 9.59 Å². The number of benzene rings is 2. The molecule has 0 aliphatic carbocycles. The number of hydrogen-bond donors (Lipinski definition) is 4. The molecule has 18 nitrogen and oxygen atoms in total. The Morgan fingerprint density at radius 1 is 0.700 bits per heavy atom. The summed E-state index contributed by atoms with van der Waals surface area (Å²) in [5.41, 5.74) is 1.25. The summed E-state index contributed by atoms with van der Waals surface area (Å²) in [5.74, 6) is -0.442. The van der Waals surface area contributed by atoms with Crippen LogP contribution in [0.15, 0.2) is 88.0 Å². The van der Waals surface area contributed by atoms with Crippen molar-refractivity contribution < 1.29 is 47.1 Å². The van der Waals surface area contributed by atoms with E-state index in [0.29, 0.717) is 56.9 Å². The van der Waals surface area contributed by atoms with E-state index in [9.17, 15) is 28.8 Å². The van der Waals surface area contributed by atoms with Crippen LogP contribution in [0.1, 0.15) is 50.8 Å². The molecule has 8 amide bonds. The molecule has 4 aliphatic heterocycles. The summed E-state index contributed by atoms with van der Waals surface area (Å²) in [6.07, 6.45) is 3.20. The van der Waals surface area contributed by atoms with E-state index in [-0.39, 0.29) is 55.4 Å². The van der Waals surface area contributed by atoms with Crippen LogP contribution in [-0.4, -0.2) is 82.8 Å². The molecule has 2 atom stereocenters. The molecule has 2 fully saturated rings. The highest BCUT2D eigenvalue weighted by Gasteiger charge is 2.54. The van der Waals surface area contributed by atoms with Crippen LogP contribution in [0.3, 0.4) is 0 Å². The monoisotopic (exact) mass is 834 g/mol. The maximum atomic E-state index is 13.1. The third-order valence-corrected chi connectivity index (χ3v) is 11.0. The highest BCUT2D eigenvalue weighted by atomic mass is 35.5. The molecule has 8 heterocycles. The fourth-order valence-electron chi connectivity index (χ4n) is 7.72. The molecule has 0 radical (unpaired) electrons. The standard InChI is InChI=1S/C20H15ClN4O5.C20H16N4O5.CH4/c1-29-13-5-4-10-8-25(17(26)15(10)16(13)21)9-20(18(27)23-19(28)24-20)14-7-11-12(30-14)3-2-6-22-11;1-28-12-5-4-11-9-24(17(25)13(11)7-12)10-20(18(26)22-19(27)23-20)16-8-14-15(29-16)3-2-6-21-14;/h2-7H,8-9H2,1H3,(H2,23,24,27,28);2-8H,9-10H2,1H3,(H2,22,23,26,27);1H4/t2*20-;/m00./s1. The maximum absolute atomic E-state index is 13.1. The molecule has 10 rings (SSSR count). The van der Waals surface area contributed by atoms with Crippen LogP contribution >= 0.6 is 11.6 Å². The molecule has 2 aromatic carbocycles. The van der Waals surface area contributed by atoms with Crippen molar-refractivity contribution in [3.63, 3.8) is 0 Å². The summed E-state index contributed by atoms with van der Waals surface area (Å²) < 4.78 is 22.1. The molecule has 0 bridgehead atoms. The minimum absolute atomic E-state index is 0. The molecule has 0 unspecified atom stereocenters. The summed E-state index contributed by atoms with van der Waals surface area (Å²) in [7, 11) is 3.00. The quantitative estimate of drug-likeness (QED) is 0.157. The Kier molecular flexibility index (Phi) is 9.66. The van der Waals surface area contributed by atoms with Crippen LogP contribution in [0, 0.1) is 0 Å². The van der Waals surface area contributed by atoms with Crippen molar-refractivity contribution >= 4 is 69.5 Å². The number of carbonyl (C=O) groups excluding carboxylic acids is 6. The zero-order valence-corrected chi connectivity index (χ0v) is 31.8. The van der Waals surface area contributed by atoms with Gasteiger partial charge in [-0.3, -0.25) is 39.8 Å². The summed E-state index contributed by atoms with van der Waals surface area (Å²) in [5, 5.41) is 9.99. The number of urea groups is 2. The fraction of sp³-hybridized carbons (Fsp3) is 0.220. The molecule has 4 aromatic heterocycles. The first kappa shape index (κ1) is 39.4. The predicted molar refractivity (Wildman–Crippen MR) is 212 cm³/mol. The Morgan fingerprint density at radius 2 is 1.23 bits per heavy atom. The van der Waals surface area contributed by atoms with Gasteiger partial charge in [-0.1, -0.05) is 31.2 Å². The molecular formula is C41H35ClN8O10. The van der Waals surface area contributed by atoms with E-state index in [1.807, 2.05) is 6.07 Å². The smallest absolute Gasteiger partial charge is 0.322 e. The van der Waals surface area contributed by atoms with Crippen molar-refractivity contribution in [2.45, 2.75) is 31.6 Å². The number of amides is 8. The van der Waals surface area contributed by atoms with E-state index in [1.54, 1.807) is 73.1 Å². The Balaban J connectivity index is 0.000000164. The first-order chi connectivity index (χ1) is 28.4. The topological polar surface area (TPSA) is 228 Å². The molecule has 4 aliphatic rings. The van der Waals surface area contributed by atoms with Gasteiger partial charge in [-0.05, 0) is 53.6 Å². The van der Waals surface area contributed by atoms with Crippen LogP contribution in [-0.2, 0) is 33.8 Å². The number of imide groups is 2. The molecule has 2 saturated heterocycles. The summed E-state index contributed by atoms with van der Waals surface area (Å²) >= 11 is 6.34. The van der Waals surface area contributed by atoms with E-state index >= 15 is 0 Å². The van der Waals surface area contributed by atoms with Crippen LogP contribution in [0.5, 0.6) is 11.5 Å². The molecule has 60 heavy (non-hydrogen) atoms. The van der Waals surface area contributed by atoms with Gasteiger partial charge in [0, 0.05) is 43.2 Å². The second kappa shape index (κ2) is 14.7. The maximum Gasteiger partial charge on any atom is 0.322 e. The van der Waals surface area contributed by atoms with Gasteiger partial charge in [0.1, 0.15) is 34.1 Å². The number of hydrogen-bond acceptors (Lipinski definition) is 12. The third-order valence-electron chi connectivity index (χ3n) is 10.6. The number of nitrogens with zero attached hydrogens (tertiary/aromatic N) is 4. The lowest BCUT2D eigenvalue weighted by molar-refractivity contribution is -0.126. The molecular weight excluding hydrogens is 800 g/mol. The Bertz CT molecular complexity index is 2740. The fourth-order valence-corrected chi connectivity index (χ4v) is 8.06. The van der Waals surface area contributed by atoms with E-state index in [4.69, 9.17) is 29.9 Å². The molecule has 6 aromatic rings. The first-order valence-corrected chi connectivity index (χ1v) is 18.4. The largest absolute Gasteiger partial charge is 0.497 e. The average molecular weight is 835 g/mol. The van der Waals surface area contributed by atoms with Crippen molar-refractivity contribution in [1.29, 1.82) is 0 Å². The number of pyridine rings is 2. The molecule has 19 heteroatoms. The lowest BCUT2D eigenvalue weighted by Gasteiger charge is -2.29. The number of aromatic nitrogens is 2. The zero-order chi connectivity index (χ0) is 41.2. The second-order valence-electron chi connectivity index (χ2n) is 14.1. The van der Waals surface area contributed by atoms with Crippen molar-refractivity contribution in [3.8, 4) is 11.5 Å². The highest BCUT2D eigenvalue weighted by molar-refractivity contribution is 6.35. The normalized spacial score (nSPS) is 20.2. The number of ether oxygens (including phenoxy) is 2. The minimum atomic E-state index is -1.59. The number of furan rings is 2. The molecule has 306 valence electrons. The van der Waals surface area contributed by atoms with Gasteiger partial charge in [-0.15, -0.1) is 0 Å². The van der Waals surface area contributed by atoms with Gasteiger partial charge >= 0.3 is 12.1 Å². The van der Waals surface area contributed by atoms with Crippen LogP contribution in [0.4, 0.5) is 9.59 Å². The van der Waals surface area contributed by atoms with Crippen LogP contribution in [0.25, 0.3) is 22.2 Å². The summed E-state index contributed by atoms with van der Waals surface area (Å²) in [4.78, 5) is 87.2. The third kappa shape index (κ3) is 6.28. The highest BCUT2D eigenvalue weighted by Crippen LogP contribution is 2.39. The number of halogens is 1. The number of carbonyl (C=O) groups is 6. The lowest BCUT2D eigenvalue weighted by atomic mass is 9.95. The van der Waals surface area contributed by atoms with Gasteiger partial charge < -0.3 is 38.7 Å². The van der Waals surface area contributed by atoms with Gasteiger partial charge in [0.2, 0.25) is 0 Å². The number of fused-ring (bicyclic) bond motifs is 4. The summed E-state index contributed by atoms with van der Waals surface area (Å²) in [6, 6.07) is 17.4. The van der Waals surface area contributed by atoms with Crippen molar-refractivity contribution in [2.75, 3.05) is 27.3 Å². The van der Waals surface area contributed by atoms with E-state index in [0.717, 1.165) is 5.56 Å². The summed E-state index contributed by atoms with van der Waals surface area (Å²) in [6.45, 7) is 0.305. The van der Waals surface area contributed by atoms with Crippen molar-refractivity contribution in [3.05, 3.63) is 118 Å². The Morgan fingerprint density at radius 3 is 1.73 bits per heavy atom. The first-order valence-electron chi connectivity index (χ1n) is 18.0. The lowest BCUT2D eigenvalue weighted by Crippen LogP contribution is -2.52. The van der Waals surface area contributed by atoms with Crippen LogP contribution in [0.2, 0.25) is 5.02 Å². The molecule has 0 spiro atoms. The van der Waals surface area contributed by atoms with Gasteiger partial charge in [0.25, 0.3) is 23.6 Å². The van der Waals surface area contributed by atoms with Crippen molar-refractivity contribution in [1.82, 2.24) is 41.0 Å². The van der Waals surface area contributed by atoms with E-state index < -0.39 is 35.0 Å². The average Bonchev–Trinajstić information content (AvgIpc) is 4.07. The van der Waals surface area contributed by atoms with Gasteiger partial charge in [0.15, 0.2) is 22.2 Å². The number of methoxy groups -OCH3 is 2. The Labute approximate surface area is 345 Å². The molecule has 4 N–H and O–H groups in total. The molecule has 0 saturated carbocycles. The zero-order valence-electron chi connectivity index (χ0n) is 31.1. The van der Waals surface area contributed by atoms with Crippen LogP contribution < -0.4 is 30.7 Å². The Hall–Kier alpha value is -7.47. The number of rotatable bonds is 8. The van der Waals surface area contributed by atoms with Gasteiger partial charge in [0.05, 0.1) is 37.9 Å². The van der Waals surface area contributed by atoms with Gasteiger partial charge in [-0.2, -0.15) is 0 Å². The number of nitrogens with one attached hydrogen (secondary N) is 4. The minimum Gasteiger partial charge on any atom is -0.497 e. The van der Waals surface area contributed by atoms with Crippen molar-refractivity contribution in [2.24, 2.45) is 0 Å². The predicted octanol–water partition coefficient (Wildman–Crippen LogP) is 4.34. The van der Waals surface area contributed by atoms with E-state index in [1.165, 1.54) is 24.0 Å². The van der Waals surface area contributed by atoms with E-state index in [2.05, 4.69) is 31.2 Å².